The second kappa shape index (κ2) is 7.36. The Kier molecular flexibility index (Phi) is 4.53. The highest BCUT2D eigenvalue weighted by Crippen LogP contribution is 2.40. The molecule has 5 heterocycles. The number of aromatic nitrogens is 4. The molecule has 3 aromatic rings. The number of furan rings is 1. The van der Waals surface area contributed by atoms with Crippen molar-refractivity contribution in [2.75, 3.05) is 29.9 Å². The minimum atomic E-state index is -0.822. The molecule has 10 heteroatoms. The first kappa shape index (κ1) is 20.3. The highest BCUT2D eigenvalue weighted by atomic mass is 19.1. The molecular weight excluding hydrogens is 425 g/mol. The number of rotatable bonds is 4. The van der Waals surface area contributed by atoms with Crippen LogP contribution in [0.4, 0.5) is 16.0 Å². The predicted octanol–water partition coefficient (Wildman–Crippen LogP) is 3.03. The zero-order chi connectivity index (χ0) is 22.7. The summed E-state index contributed by atoms with van der Waals surface area (Å²) in [6.07, 6.45) is 5.42. The Morgan fingerprint density at radius 3 is 2.79 bits per heavy atom. The molecule has 1 unspecified atom stereocenters. The lowest BCUT2D eigenvalue weighted by Crippen LogP contribution is -2.38. The number of anilines is 2. The van der Waals surface area contributed by atoms with Gasteiger partial charge in [-0.3, -0.25) is 4.79 Å². The zero-order valence-corrected chi connectivity index (χ0v) is 18.8. The van der Waals surface area contributed by atoms with Gasteiger partial charge >= 0.3 is 0 Å². The van der Waals surface area contributed by atoms with Crippen LogP contribution in [0.2, 0.25) is 0 Å². The molecule has 2 aliphatic heterocycles. The van der Waals surface area contributed by atoms with Crippen LogP contribution in [0.15, 0.2) is 17.1 Å². The van der Waals surface area contributed by atoms with Crippen LogP contribution in [-0.4, -0.2) is 62.1 Å². The summed E-state index contributed by atoms with van der Waals surface area (Å²) in [5.74, 6) is 1.84. The smallest absolute Gasteiger partial charge is 0.258 e. The fourth-order valence-electron chi connectivity index (χ4n) is 4.85. The van der Waals surface area contributed by atoms with Gasteiger partial charge in [-0.2, -0.15) is 0 Å². The molecule has 0 radical (unpaired) electrons. The lowest BCUT2D eigenvalue weighted by molar-refractivity contribution is 0.0731. The van der Waals surface area contributed by atoms with Crippen molar-refractivity contribution < 1.29 is 13.6 Å². The number of amides is 1. The van der Waals surface area contributed by atoms with Crippen molar-refractivity contribution in [3.63, 3.8) is 0 Å². The molecule has 3 aromatic heterocycles. The Labute approximate surface area is 190 Å². The van der Waals surface area contributed by atoms with E-state index in [1.807, 2.05) is 4.90 Å². The minimum Gasteiger partial charge on any atom is -0.442 e. The van der Waals surface area contributed by atoms with E-state index in [4.69, 9.17) is 4.42 Å². The summed E-state index contributed by atoms with van der Waals surface area (Å²) in [5, 5.41) is 4.10. The van der Waals surface area contributed by atoms with Crippen LogP contribution in [0.5, 0.6) is 0 Å². The number of fused-ring (bicyclic) bond motifs is 2. The Bertz CT molecular complexity index is 1260. The fraction of sp³-hybridized carbons (Fsp3) is 0.522. The van der Waals surface area contributed by atoms with Crippen LogP contribution in [0.25, 0.3) is 11.1 Å². The molecular formula is C23H26FN7O2. The highest BCUT2D eigenvalue weighted by molar-refractivity contribution is 6.10. The third-order valence-electron chi connectivity index (χ3n) is 7.00. The molecule has 3 aliphatic rings. The Hall–Kier alpha value is -3.30. The average Bonchev–Trinajstić information content (AvgIpc) is 3.21. The van der Waals surface area contributed by atoms with E-state index in [1.54, 1.807) is 11.8 Å². The second-order valence-electron chi connectivity index (χ2n) is 9.55. The van der Waals surface area contributed by atoms with E-state index in [0.29, 0.717) is 67.3 Å². The fourth-order valence-corrected chi connectivity index (χ4v) is 4.85. The molecule has 1 saturated heterocycles. The number of hydrogen-bond acceptors (Lipinski definition) is 8. The summed E-state index contributed by atoms with van der Waals surface area (Å²) >= 11 is 0. The number of halogens is 1. The predicted molar refractivity (Wildman–Crippen MR) is 120 cm³/mol. The standard InChI is InChI=1S/C23H26FN7O2/c1-13-17(18-19(29-23(2)5-6-23)26-12-28-21(18)33-13)22(32)31-8-4-15-16(10-31)25-11-27-20(15)30-7-3-14(24)9-30/h11-12,14H,3-10H2,1-2H3,(H,26,28,29). The molecule has 0 bridgehead atoms. The van der Waals surface area contributed by atoms with Gasteiger partial charge in [0.05, 0.1) is 29.7 Å². The van der Waals surface area contributed by atoms with Crippen molar-refractivity contribution >= 4 is 28.6 Å². The lowest BCUT2D eigenvalue weighted by Gasteiger charge is -2.30. The molecule has 0 spiro atoms. The largest absolute Gasteiger partial charge is 0.442 e. The van der Waals surface area contributed by atoms with Gasteiger partial charge in [0, 0.05) is 24.2 Å². The maximum absolute atomic E-state index is 13.8. The number of aryl methyl sites for hydroxylation is 1. The first-order valence-corrected chi connectivity index (χ1v) is 11.5. The van der Waals surface area contributed by atoms with E-state index in [9.17, 15) is 9.18 Å². The molecule has 1 aliphatic carbocycles. The molecule has 33 heavy (non-hydrogen) atoms. The topological polar surface area (TPSA) is 100 Å². The Balaban J connectivity index is 1.32. The van der Waals surface area contributed by atoms with Crippen LogP contribution < -0.4 is 10.2 Å². The summed E-state index contributed by atoms with van der Waals surface area (Å²) < 4.78 is 19.6. The first-order chi connectivity index (χ1) is 15.9. The van der Waals surface area contributed by atoms with Crippen molar-refractivity contribution in [3.05, 3.63) is 35.2 Å². The maximum atomic E-state index is 13.8. The van der Waals surface area contributed by atoms with Crippen molar-refractivity contribution in [1.82, 2.24) is 24.8 Å². The molecule has 9 nitrogen and oxygen atoms in total. The SMILES string of the molecule is Cc1oc2ncnc(NC3(C)CC3)c2c1C(=O)N1CCc2c(ncnc2N2CCC(F)C2)C1. The molecule has 1 saturated carbocycles. The summed E-state index contributed by atoms with van der Waals surface area (Å²) in [6.45, 7) is 5.84. The van der Waals surface area contributed by atoms with Crippen LogP contribution in [0.1, 0.15) is 53.6 Å². The van der Waals surface area contributed by atoms with E-state index in [2.05, 4.69) is 32.2 Å². The van der Waals surface area contributed by atoms with Gasteiger partial charge in [0.1, 0.15) is 36.2 Å². The van der Waals surface area contributed by atoms with Gasteiger partial charge in [-0.05, 0) is 39.5 Å². The van der Waals surface area contributed by atoms with Crippen molar-refractivity contribution in [3.8, 4) is 0 Å². The van der Waals surface area contributed by atoms with E-state index in [1.165, 1.54) is 12.7 Å². The van der Waals surface area contributed by atoms with Crippen LogP contribution in [0, 0.1) is 6.92 Å². The molecule has 1 atom stereocenters. The molecule has 172 valence electrons. The van der Waals surface area contributed by atoms with Crippen LogP contribution >= 0.6 is 0 Å². The Morgan fingerprint density at radius 2 is 2.03 bits per heavy atom. The summed E-state index contributed by atoms with van der Waals surface area (Å²) in [6, 6.07) is 0. The molecule has 0 aromatic carbocycles. The molecule has 1 amide bonds. The third kappa shape index (κ3) is 3.48. The Morgan fingerprint density at radius 1 is 1.21 bits per heavy atom. The van der Waals surface area contributed by atoms with Gasteiger partial charge in [-0.1, -0.05) is 0 Å². The number of alkyl halides is 1. The second-order valence-corrected chi connectivity index (χ2v) is 9.55. The number of carbonyl (C=O) groups is 1. The van der Waals surface area contributed by atoms with Gasteiger partial charge in [0.2, 0.25) is 5.71 Å². The average molecular weight is 452 g/mol. The molecule has 2 fully saturated rings. The van der Waals surface area contributed by atoms with Crippen LogP contribution in [-0.2, 0) is 13.0 Å². The highest BCUT2D eigenvalue weighted by Gasteiger charge is 2.39. The van der Waals surface area contributed by atoms with Gasteiger partial charge in [-0.25, -0.2) is 24.3 Å². The summed E-state index contributed by atoms with van der Waals surface area (Å²) in [4.78, 5) is 35.1. The van der Waals surface area contributed by atoms with E-state index in [0.717, 1.165) is 29.9 Å². The number of carbonyl (C=O) groups excluding carboxylic acids is 1. The van der Waals surface area contributed by atoms with Crippen molar-refractivity contribution in [2.45, 2.75) is 57.8 Å². The zero-order valence-electron chi connectivity index (χ0n) is 18.8. The molecule has 1 N–H and O–H groups in total. The summed E-state index contributed by atoms with van der Waals surface area (Å²) in [5.41, 5.74) is 2.73. The van der Waals surface area contributed by atoms with Gasteiger partial charge in [-0.15, -0.1) is 0 Å². The minimum absolute atomic E-state index is 0.00164. The molecule has 6 rings (SSSR count). The third-order valence-corrected chi connectivity index (χ3v) is 7.00. The van der Waals surface area contributed by atoms with Crippen molar-refractivity contribution in [2.24, 2.45) is 0 Å². The van der Waals surface area contributed by atoms with Gasteiger partial charge in [0.15, 0.2) is 0 Å². The summed E-state index contributed by atoms with van der Waals surface area (Å²) in [7, 11) is 0. The van der Waals surface area contributed by atoms with Crippen LogP contribution in [0.3, 0.4) is 0 Å². The van der Waals surface area contributed by atoms with Crippen molar-refractivity contribution in [1.29, 1.82) is 0 Å². The lowest BCUT2D eigenvalue weighted by atomic mass is 10.0. The first-order valence-electron chi connectivity index (χ1n) is 11.5. The van der Waals surface area contributed by atoms with Gasteiger partial charge in [0.25, 0.3) is 5.91 Å². The number of nitrogens with zero attached hydrogens (tertiary/aromatic N) is 6. The van der Waals surface area contributed by atoms with E-state index < -0.39 is 6.17 Å². The van der Waals surface area contributed by atoms with Gasteiger partial charge < -0.3 is 19.5 Å². The quantitative estimate of drug-likeness (QED) is 0.646. The maximum Gasteiger partial charge on any atom is 0.258 e. The van der Waals surface area contributed by atoms with E-state index in [-0.39, 0.29) is 11.4 Å². The normalized spacial score (nSPS) is 21.4. The number of hydrogen-bond donors (Lipinski definition) is 1. The number of nitrogens with one attached hydrogen (secondary N) is 1. The monoisotopic (exact) mass is 451 g/mol. The van der Waals surface area contributed by atoms with E-state index >= 15 is 0 Å².